The molecule has 0 amide bonds. The Hall–Kier alpha value is 0.310. The quantitative estimate of drug-likeness (QED) is 0.718. The van der Waals surface area contributed by atoms with Gasteiger partial charge in [-0.15, -0.1) is 0 Å². The first kappa shape index (κ1) is 14.4. The van der Waals surface area contributed by atoms with Gasteiger partial charge in [0, 0.05) is 0 Å². The highest BCUT2D eigenvalue weighted by atomic mass is 32.1. The molecular formula is C14H28OS. The van der Waals surface area contributed by atoms with Gasteiger partial charge in [-0.2, -0.15) is 12.6 Å². The van der Waals surface area contributed by atoms with Crippen LogP contribution in [0.2, 0.25) is 0 Å². The molecule has 0 aromatic heterocycles. The zero-order valence-corrected chi connectivity index (χ0v) is 12.2. The molecule has 96 valence electrons. The van der Waals surface area contributed by atoms with Crippen LogP contribution in [0.4, 0.5) is 0 Å². The molecule has 1 rings (SSSR count). The molecule has 1 saturated carbocycles. The van der Waals surface area contributed by atoms with Gasteiger partial charge in [-0.25, -0.2) is 0 Å². The largest absolute Gasteiger partial charge is 0.378 e. The Kier molecular flexibility index (Phi) is 6.20. The third-order valence-electron chi connectivity index (χ3n) is 3.86. The van der Waals surface area contributed by atoms with E-state index in [0.717, 1.165) is 24.2 Å². The Morgan fingerprint density at radius 3 is 2.12 bits per heavy atom. The average Bonchev–Trinajstić information content (AvgIpc) is 2.16. The molecule has 2 heteroatoms. The van der Waals surface area contributed by atoms with Crippen molar-refractivity contribution in [3.05, 3.63) is 0 Å². The Bertz CT molecular complexity index is 183. The van der Waals surface area contributed by atoms with Crippen molar-refractivity contribution >= 4 is 12.6 Å². The van der Waals surface area contributed by atoms with Crippen molar-refractivity contribution in [3.8, 4) is 0 Å². The molecule has 0 radical (unpaired) electrons. The molecule has 0 N–H and O–H groups in total. The minimum Gasteiger partial charge on any atom is -0.378 e. The number of hydrogen-bond donors (Lipinski definition) is 1. The molecule has 1 fully saturated rings. The van der Waals surface area contributed by atoms with Crippen LogP contribution in [0.25, 0.3) is 0 Å². The van der Waals surface area contributed by atoms with E-state index >= 15 is 0 Å². The van der Waals surface area contributed by atoms with Crippen molar-refractivity contribution < 1.29 is 4.74 Å². The molecule has 3 atom stereocenters. The summed E-state index contributed by atoms with van der Waals surface area (Å²) in [6.07, 6.45) is 4.38. The highest BCUT2D eigenvalue weighted by molar-refractivity contribution is 7.80. The SMILES string of the molecule is CC1CC(C)CC(OCC(CS)C(C)C)C1. The monoisotopic (exact) mass is 244 g/mol. The second kappa shape index (κ2) is 6.90. The molecule has 0 aliphatic heterocycles. The second-order valence-electron chi connectivity index (χ2n) is 6.06. The van der Waals surface area contributed by atoms with Gasteiger partial charge in [0.25, 0.3) is 0 Å². The topological polar surface area (TPSA) is 9.23 Å². The van der Waals surface area contributed by atoms with E-state index in [-0.39, 0.29) is 0 Å². The Labute approximate surface area is 107 Å². The predicted molar refractivity (Wildman–Crippen MR) is 74.1 cm³/mol. The lowest BCUT2D eigenvalue weighted by Gasteiger charge is -2.32. The van der Waals surface area contributed by atoms with Gasteiger partial charge >= 0.3 is 0 Å². The van der Waals surface area contributed by atoms with Crippen molar-refractivity contribution in [1.29, 1.82) is 0 Å². The smallest absolute Gasteiger partial charge is 0.0580 e. The van der Waals surface area contributed by atoms with E-state index in [1.807, 2.05) is 0 Å². The second-order valence-corrected chi connectivity index (χ2v) is 6.42. The first-order valence-electron chi connectivity index (χ1n) is 6.75. The summed E-state index contributed by atoms with van der Waals surface area (Å²) in [6, 6.07) is 0. The maximum Gasteiger partial charge on any atom is 0.0580 e. The summed E-state index contributed by atoms with van der Waals surface area (Å²) in [5.41, 5.74) is 0. The summed E-state index contributed by atoms with van der Waals surface area (Å²) < 4.78 is 6.09. The number of thiol groups is 1. The molecule has 0 spiro atoms. The molecule has 0 aromatic carbocycles. The first-order valence-corrected chi connectivity index (χ1v) is 7.38. The summed E-state index contributed by atoms with van der Waals surface area (Å²) in [4.78, 5) is 0. The Morgan fingerprint density at radius 2 is 1.69 bits per heavy atom. The van der Waals surface area contributed by atoms with Gasteiger partial charge in [-0.05, 0) is 48.7 Å². The van der Waals surface area contributed by atoms with Crippen molar-refractivity contribution in [2.24, 2.45) is 23.7 Å². The van der Waals surface area contributed by atoms with Gasteiger partial charge in [0.1, 0.15) is 0 Å². The molecule has 0 aromatic rings. The van der Waals surface area contributed by atoms with Gasteiger partial charge < -0.3 is 4.74 Å². The van der Waals surface area contributed by atoms with Gasteiger partial charge in [-0.1, -0.05) is 27.7 Å². The summed E-state index contributed by atoms with van der Waals surface area (Å²) in [7, 11) is 0. The van der Waals surface area contributed by atoms with Crippen LogP contribution in [0.1, 0.15) is 47.0 Å². The van der Waals surface area contributed by atoms with Gasteiger partial charge in [0.2, 0.25) is 0 Å². The van der Waals surface area contributed by atoms with E-state index < -0.39 is 0 Å². The lowest BCUT2D eigenvalue weighted by Crippen LogP contribution is -2.29. The van der Waals surface area contributed by atoms with Crippen LogP contribution in [0.5, 0.6) is 0 Å². The van der Waals surface area contributed by atoms with Crippen LogP contribution < -0.4 is 0 Å². The van der Waals surface area contributed by atoms with E-state index in [9.17, 15) is 0 Å². The lowest BCUT2D eigenvalue weighted by atomic mass is 9.82. The zero-order valence-electron chi connectivity index (χ0n) is 11.3. The van der Waals surface area contributed by atoms with Gasteiger partial charge in [0.05, 0.1) is 12.7 Å². The highest BCUT2D eigenvalue weighted by Crippen LogP contribution is 2.30. The molecule has 1 aliphatic rings. The Balaban J connectivity index is 2.30. The first-order chi connectivity index (χ1) is 7.52. The number of ether oxygens (including phenoxy) is 1. The fraction of sp³-hybridized carbons (Fsp3) is 1.00. The van der Waals surface area contributed by atoms with Crippen LogP contribution in [-0.2, 0) is 4.74 Å². The maximum absolute atomic E-state index is 6.09. The summed E-state index contributed by atoms with van der Waals surface area (Å²) in [5, 5.41) is 0. The van der Waals surface area contributed by atoms with E-state index in [1.54, 1.807) is 0 Å². The van der Waals surface area contributed by atoms with Gasteiger partial charge in [0.15, 0.2) is 0 Å². The standard InChI is InChI=1S/C14H28OS/c1-10(2)13(9-16)8-15-14-6-11(3)5-12(4)7-14/h10-14,16H,5-9H2,1-4H3. The third-order valence-corrected chi connectivity index (χ3v) is 4.33. The van der Waals surface area contributed by atoms with Crippen LogP contribution in [0, 0.1) is 23.7 Å². The summed E-state index contributed by atoms with van der Waals surface area (Å²) in [6.45, 7) is 10.1. The molecular weight excluding hydrogens is 216 g/mol. The fourth-order valence-electron chi connectivity index (χ4n) is 2.72. The molecule has 0 heterocycles. The number of hydrogen-bond acceptors (Lipinski definition) is 2. The molecule has 1 aliphatic carbocycles. The minimum atomic E-state index is 0.500. The summed E-state index contributed by atoms with van der Waals surface area (Å²) >= 11 is 4.41. The van der Waals surface area contributed by atoms with Crippen LogP contribution in [0.15, 0.2) is 0 Å². The van der Waals surface area contributed by atoms with Crippen molar-refractivity contribution in [1.82, 2.24) is 0 Å². The zero-order chi connectivity index (χ0) is 12.1. The summed E-state index contributed by atoms with van der Waals surface area (Å²) in [5.74, 6) is 3.89. The van der Waals surface area contributed by atoms with Crippen molar-refractivity contribution in [2.45, 2.75) is 53.1 Å². The molecule has 3 unspecified atom stereocenters. The maximum atomic E-state index is 6.09. The van der Waals surface area contributed by atoms with E-state index in [1.165, 1.54) is 19.3 Å². The molecule has 0 bridgehead atoms. The average molecular weight is 244 g/mol. The minimum absolute atomic E-state index is 0.500. The van der Waals surface area contributed by atoms with E-state index in [2.05, 4.69) is 40.3 Å². The lowest BCUT2D eigenvalue weighted by molar-refractivity contribution is -0.0185. The van der Waals surface area contributed by atoms with Crippen LogP contribution >= 0.6 is 12.6 Å². The number of rotatable bonds is 5. The van der Waals surface area contributed by atoms with Crippen molar-refractivity contribution in [3.63, 3.8) is 0 Å². The van der Waals surface area contributed by atoms with Crippen LogP contribution in [-0.4, -0.2) is 18.5 Å². The van der Waals surface area contributed by atoms with E-state index in [0.29, 0.717) is 17.9 Å². The fourth-order valence-corrected chi connectivity index (χ4v) is 3.25. The van der Waals surface area contributed by atoms with Crippen molar-refractivity contribution in [2.75, 3.05) is 12.4 Å². The molecule has 16 heavy (non-hydrogen) atoms. The highest BCUT2D eigenvalue weighted by Gasteiger charge is 2.25. The molecule has 1 nitrogen and oxygen atoms in total. The normalized spacial score (nSPS) is 33.0. The predicted octanol–water partition coefficient (Wildman–Crippen LogP) is 4.03. The van der Waals surface area contributed by atoms with Crippen LogP contribution in [0.3, 0.4) is 0 Å². The molecule has 0 saturated heterocycles. The van der Waals surface area contributed by atoms with E-state index in [4.69, 9.17) is 4.74 Å². The third kappa shape index (κ3) is 4.67. The Morgan fingerprint density at radius 1 is 1.12 bits per heavy atom. The van der Waals surface area contributed by atoms with Gasteiger partial charge in [-0.3, -0.25) is 0 Å².